The van der Waals surface area contributed by atoms with Crippen LogP contribution in [0.25, 0.3) is 0 Å². The summed E-state index contributed by atoms with van der Waals surface area (Å²) in [4.78, 5) is 8.28. The Bertz CT molecular complexity index is 410. The maximum absolute atomic E-state index is 9.60. The molecule has 2 rings (SSSR count). The van der Waals surface area contributed by atoms with Crippen molar-refractivity contribution in [1.82, 2.24) is 9.97 Å². The topological polar surface area (TPSA) is 79.3 Å². The van der Waals surface area contributed by atoms with E-state index in [1.54, 1.807) is 7.05 Å². The number of rotatable bonds is 4. The fraction of sp³-hybridized carbons (Fsp3) is 0.636. The summed E-state index contributed by atoms with van der Waals surface area (Å²) in [5.41, 5.74) is -0.415. The molecule has 3 N–H and O–H groups in total. The van der Waals surface area contributed by atoms with Gasteiger partial charge in [-0.2, -0.15) is 4.98 Å². The van der Waals surface area contributed by atoms with Crippen LogP contribution in [0.4, 0.5) is 11.8 Å². The van der Waals surface area contributed by atoms with Gasteiger partial charge in [-0.05, 0) is 12.8 Å². The van der Waals surface area contributed by atoms with E-state index in [2.05, 4.69) is 20.6 Å². The van der Waals surface area contributed by atoms with Gasteiger partial charge in [-0.15, -0.1) is 0 Å². The van der Waals surface area contributed by atoms with E-state index in [1.165, 1.54) is 6.20 Å². The van der Waals surface area contributed by atoms with E-state index < -0.39 is 5.54 Å². The van der Waals surface area contributed by atoms with Gasteiger partial charge in [0.25, 0.3) is 0 Å². The van der Waals surface area contributed by atoms with E-state index in [4.69, 9.17) is 16.3 Å². The number of hydrogen-bond donors (Lipinski definition) is 3. The van der Waals surface area contributed by atoms with Crippen molar-refractivity contribution in [3.05, 3.63) is 11.2 Å². The lowest BCUT2D eigenvalue weighted by Crippen LogP contribution is -2.47. The molecule has 0 spiro atoms. The Labute approximate surface area is 111 Å². The number of aliphatic hydroxyl groups excluding tert-OH is 1. The standard InChI is InChI=1S/C11H17ClN4O2/c1-13-10-14-6-8(12)9(15-10)16-11(7-17)2-4-18-5-3-11/h6,17H,2-5,7H2,1H3,(H2,13,14,15,16). The van der Waals surface area contributed by atoms with Crippen molar-refractivity contribution < 1.29 is 9.84 Å². The Morgan fingerprint density at radius 3 is 2.83 bits per heavy atom. The summed E-state index contributed by atoms with van der Waals surface area (Å²) in [5, 5.41) is 16.1. The summed E-state index contributed by atoms with van der Waals surface area (Å²) in [5.74, 6) is 1.02. The van der Waals surface area contributed by atoms with Crippen LogP contribution in [0, 0.1) is 0 Å². The minimum atomic E-state index is -0.415. The Kier molecular flexibility index (Phi) is 4.21. The van der Waals surface area contributed by atoms with Crippen molar-refractivity contribution >= 4 is 23.4 Å². The summed E-state index contributed by atoms with van der Waals surface area (Å²) in [6.45, 7) is 1.26. The molecular formula is C11H17ClN4O2. The Morgan fingerprint density at radius 2 is 2.22 bits per heavy atom. The maximum Gasteiger partial charge on any atom is 0.224 e. The molecule has 0 unspecified atom stereocenters. The van der Waals surface area contributed by atoms with Crippen molar-refractivity contribution in [3.8, 4) is 0 Å². The van der Waals surface area contributed by atoms with Gasteiger partial charge in [-0.1, -0.05) is 11.6 Å². The molecule has 1 fully saturated rings. The first-order valence-corrected chi connectivity index (χ1v) is 6.24. The molecule has 2 heterocycles. The van der Waals surface area contributed by atoms with Crippen LogP contribution in [0.2, 0.25) is 5.02 Å². The van der Waals surface area contributed by atoms with E-state index in [0.29, 0.717) is 30.0 Å². The maximum atomic E-state index is 9.60. The second kappa shape index (κ2) is 5.69. The quantitative estimate of drug-likeness (QED) is 0.762. The fourth-order valence-corrected chi connectivity index (χ4v) is 2.05. The van der Waals surface area contributed by atoms with Crippen LogP contribution in [0.5, 0.6) is 0 Å². The first-order chi connectivity index (χ1) is 8.69. The largest absolute Gasteiger partial charge is 0.394 e. The molecule has 0 bridgehead atoms. The molecule has 0 aromatic carbocycles. The number of ether oxygens (including phenoxy) is 1. The third-order valence-corrected chi connectivity index (χ3v) is 3.38. The molecule has 18 heavy (non-hydrogen) atoms. The van der Waals surface area contributed by atoms with Crippen LogP contribution in [0.3, 0.4) is 0 Å². The normalized spacial score (nSPS) is 18.4. The van der Waals surface area contributed by atoms with Gasteiger partial charge in [0.2, 0.25) is 5.95 Å². The Balaban J connectivity index is 2.20. The van der Waals surface area contributed by atoms with Crippen LogP contribution in [-0.2, 0) is 4.74 Å². The summed E-state index contributed by atoms with van der Waals surface area (Å²) in [6.07, 6.45) is 2.98. The molecule has 1 aromatic rings. The van der Waals surface area contributed by atoms with Crippen LogP contribution in [-0.4, -0.2) is 47.5 Å². The molecule has 6 nitrogen and oxygen atoms in total. The number of nitrogens with one attached hydrogen (secondary N) is 2. The van der Waals surface area contributed by atoms with E-state index in [9.17, 15) is 5.11 Å². The molecule has 1 aliphatic heterocycles. The second-order valence-electron chi connectivity index (χ2n) is 4.32. The Hall–Kier alpha value is -1.11. The summed E-state index contributed by atoms with van der Waals surface area (Å²) < 4.78 is 5.31. The molecular weight excluding hydrogens is 256 g/mol. The van der Waals surface area contributed by atoms with E-state index >= 15 is 0 Å². The zero-order valence-corrected chi connectivity index (χ0v) is 11.0. The average molecular weight is 273 g/mol. The summed E-state index contributed by atoms with van der Waals surface area (Å²) in [6, 6.07) is 0. The highest BCUT2D eigenvalue weighted by atomic mass is 35.5. The molecule has 0 saturated carbocycles. The lowest BCUT2D eigenvalue weighted by Gasteiger charge is -2.36. The average Bonchev–Trinajstić information content (AvgIpc) is 2.42. The zero-order valence-electron chi connectivity index (χ0n) is 10.2. The van der Waals surface area contributed by atoms with E-state index in [1.807, 2.05) is 0 Å². The number of aromatic nitrogens is 2. The van der Waals surface area contributed by atoms with Crippen LogP contribution >= 0.6 is 11.6 Å². The first-order valence-electron chi connectivity index (χ1n) is 5.86. The summed E-state index contributed by atoms with van der Waals surface area (Å²) in [7, 11) is 1.74. The highest BCUT2D eigenvalue weighted by molar-refractivity contribution is 6.32. The zero-order chi connectivity index (χ0) is 13.0. The molecule has 1 aromatic heterocycles. The molecule has 100 valence electrons. The van der Waals surface area contributed by atoms with Gasteiger partial charge >= 0.3 is 0 Å². The summed E-state index contributed by atoms with van der Waals surface area (Å²) >= 11 is 6.06. The highest BCUT2D eigenvalue weighted by Gasteiger charge is 2.32. The number of aliphatic hydroxyl groups is 1. The third kappa shape index (κ3) is 2.82. The van der Waals surface area contributed by atoms with Gasteiger partial charge in [-0.25, -0.2) is 4.98 Å². The first kappa shape index (κ1) is 13.3. The van der Waals surface area contributed by atoms with Gasteiger partial charge in [0.15, 0.2) is 5.82 Å². The molecule has 0 atom stereocenters. The van der Waals surface area contributed by atoms with Crippen molar-refractivity contribution in [1.29, 1.82) is 0 Å². The van der Waals surface area contributed by atoms with Gasteiger partial charge in [-0.3, -0.25) is 0 Å². The fourth-order valence-electron chi connectivity index (χ4n) is 1.91. The lowest BCUT2D eigenvalue weighted by molar-refractivity contribution is 0.0378. The molecule has 1 aliphatic rings. The van der Waals surface area contributed by atoms with Gasteiger partial charge in [0, 0.05) is 20.3 Å². The molecule has 1 saturated heterocycles. The van der Waals surface area contributed by atoms with E-state index in [0.717, 1.165) is 12.8 Å². The monoisotopic (exact) mass is 272 g/mol. The molecule has 7 heteroatoms. The number of halogens is 1. The number of hydrogen-bond acceptors (Lipinski definition) is 6. The number of nitrogens with zero attached hydrogens (tertiary/aromatic N) is 2. The van der Waals surface area contributed by atoms with Crippen molar-refractivity contribution in [2.75, 3.05) is 37.5 Å². The van der Waals surface area contributed by atoms with Gasteiger partial charge in [0.1, 0.15) is 5.02 Å². The molecule has 0 radical (unpaired) electrons. The number of anilines is 2. The minimum Gasteiger partial charge on any atom is -0.394 e. The van der Waals surface area contributed by atoms with Crippen LogP contribution in [0.15, 0.2) is 6.20 Å². The van der Waals surface area contributed by atoms with Crippen molar-refractivity contribution in [2.24, 2.45) is 0 Å². The highest BCUT2D eigenvalue weighted by Crippen LogP contribution is 2.28. The van der Waals surface area contributed by atoms with Crippen LogP contribution < -0.4 is 10.6 Å². The smallest absolute Gasteiger partial charge is 0.224 e. The third-order valence-electron chi connectivity index (χ3n) is 3.10. The van der Waals surface area contributed by atoms with Gasteiger partial charge < -0.3 is 20.5 Å². The molecule has 0 aliphatic carbocycles. The predicted octanol–water partition coefficient (Wildman–Crippen LogP) is 1.13. The van der Waals surface area contributed by atoms with E-state index in [-0.39, 0.29) is 6.61 Å². The SMILES string of the molecule is CNc1ncc(Cl)c(NC2(CO)CCOCC2)n1. The molecule has 0 amide bonds. The second-order valence-corrected chi connectivity index (χ2v) is 4.72. The minimum absolute atomic E-state index is 0.0194. The van der Waals surface area contributed by atoms with Crippen molar-refractivity contribution in [2.45, 2.75) is 18.4 Å². The predicted molar refractivity (Wildman–Crippen MR) is 70.1 cm³/mol. The lowest BCUT2D eigenvalue weighted by atomic mass is 9.91. The van der Waals surface area contributed by atoms with Crippen LogP contribution in [0.1, 0.15) is 12.8 Å². The Morgan fingerprint density at radius 1 is 1.50 bits per heavy atom. The van der Waals surface area contributed by atoms with Crippen molar-refractivity contribution in [3.63, 3.8) is 0 Å². The van der Waals surface area contributed by atoms with Gasteiger partial charge in [0.05, 0.1) is 18.3 Å².